The van der Waals surface area contributed by atoms with Crippen molar-refractivity contribution in [2.24, 2.45) is 0 Å². The van der Waals surface area contributed by atoms with Gasteiger partial charge in [0.15, 0.2) is 0 Å². The molecule has 0 aliphatic carbocycles. The molecule has 0 bridgehead atoms. The number of hydrogen-bond donors (Lipinski definition) is 1. The molecule has 0 rings (SSSR count). The molecule has 19 heavy (non-hydrogen) atoms. The summed E-state index contributed by atoms with van der Waals surface area (Å²) >= 11 is 0. The van der Waals surface area contributed by atoms with Gasteiger partial charge in [0.25, 0.3) is 0 Å². The van der Waals surface area contributed by atoms with Crippen LogP contribution in [0.3, 0.4) is 0 Å². The summed E-state index contributed by atoms with van der Waals surface area (Å²) in [7, 11) is 0. The second kappa shape index (κ2) is 13.4. The zero-order chi connectivity index (χ0) is 14.3. The van der Waals surface area contributed by atoms with Crippen molar-refractivity contribution < 1.29 is 9.90 Å². The van der Waals surface area contributed by atoms with Crippen LogP contribution in [-0.4, -0.2) is 11.1 Å². The number of carboxylic acid groups (broad SMARTS) is 1. The van der Waals surface area contributed by atoms with Crippen LogP contribution in [0.2, 0.25) is 0 Å². The maximum absolute atomic E-state index is 10.5. The number of unbranched alkanes of at least 4 members (excludes halogenated alkanes) is 8. The first-order valence-electron chi connectivity index (χ1n) is 7.74. The summed E-state index contributed by atoms with van der Waals surface area (Å²) in [4.78, 5) is 10.5. The zero-order valence-corrected chi connectivity index (χ0v) is 12.5. The Morgan fingerprint density at radius 2 is 1.47 bits per heavy atom. The van der Waals surface area contributed by atoms with E-state index in [0.29, 0.717) is 12.0 Å². The maximum Gasteiger partial charge on any atom is 0.330 e. The van der Waals surface area contributed by atoms with Crippen LogP contribution in [0, 0.1) is 0 Å². The molecule has 0 saturated heterocycles. The summed E-state index contributed by atoms with van der Waals surface area (Å²) in [5, 5.41) is 8.64. The summed E-state index contributed by atoms with van der Waals surface area (Å²) in [6.07, 6.45) is 17.5. The fraction of sp³-hybridized carbons (Fsp3) is 0.706. The van der Waals surface area contributed by atoms with E-state index in [2.05, 4.69) is 25.7 Å². The minimum absolute atomic E-state index is 0.303. The summed E-state index contributed by atoms with van der Waals surface area (Å²) in [6.45, 7) is 5.76. The Bertz CT molecular complexity index is 266. The lowest BCUT2D eigenvalue weighted by molar-refractivity contribution is -0.132. The first kappa shape index (κ1) is 17.9. The highest BCUT2D eigenvalue weighted by molar-refractivity contribution is 5.85. The van der Waals surface area contributed by atoms with Gasteiger partial charge in [-0.3, -0.25) is 0 Å². The van der Waals surface area contributed by atoms with Gasteiger partial charge in [-0.15, -0.1) is 0 Å². The molecule has 0 unspecified atom stereocenters. The van der Waals surface area contributed by atoms with Gasteiger partial charge in [-0.25, -0.2) is 4.79 Å². The third kappa shape index (κ3) is 13.2. The molecule has 0 amide bonds. The van der Waals surface area contributed by atoms with E-state index in [0.717, 1.165) is 12.8 Å². The Balaban J connectivity index is 3.21. The Hall–Kier alpha value is -1.05. The van der Waals surface area contributed by atoms with Crippen molar-refractivity contribution in [1.29, 1.82) is 0 Å². The molecule has 0 aromatic carbocycles. The topological polar surface area (TPSA) is 37.3 Å². The van der Waals surface area contributed by atoms with Crippen LogP contribution in [0.25, 0.3) is 0 Å². The molecular formula is C17H30O2. The van der Waals surface area contributed by atoms with Crippen LogP contribution in [0.5, 0.6) is 0 Å². The largest absolute Gasteiger partial charge is 0.478 e. The van der Waals surface area contributed by atoms with Crippen molar-refractivity contribution >= 4 is 5.97 Å². The molecular weight excluding hydrogens is 236 g/mol. The molecule has 1 N–H and O–H groups in total. The smallest absolute Gasteiger partial charge is 0.330 e. The number of carboxylic acids is 1. The predicted octanol–water partition coefficient (Wildman–Crippen LogP) is 5.49. The molecule has 2 nitrogen and oxygen atoms in total. The summed E-state index contributed by atoms with van der Waals surface area (Å²) in [5.74, 6) is -0.878. The fourth-order valence-corrected chi connectivity index (χ4v) is 2.00. The second-order valence-corrected chi connectivity index (χ2v) is 5.18. The first-order chi connectivity index (χ1) is 9.18. The Labute approximate surface area is 118 Å². The molecule has 0 heterocycles. The third-order valence-electron chi connectivity index (χ3n) is 3.31. The molecule has 0 aliphatic heterocycles. The number of rotatable bonds is 13. The van der Waals surface area contributed by atoms with Gasteiger partial charge in [-0.1, -0.05) is 70.6 Å². The van der Waals surface area contributed by atoms with E-state index >= 15 is 0 Å². The molecule has 0 fully saturated rings. The van der Waals surface area contributed by atoms with Gasteiger partial charge in [0, 0.05) is 5.57 Å². The highest BCUT2D eigenvalue weighted by Gasteiger charge is 2.00. The lowest BCUT2D eigenvalue weighted by Crippen LogP contribution is -1.97. The van der Waals surface area contributed by atoms with Crippen LogP contribution in [0.15, 0.2) is 24.3 Å². The van der Waals surface area contributed by atoms with E-state index in [1.54, 1.807) is 0 Å². The van der Waals surface area contributed by atoms with Crippen LogP contribution in [-0.2, 0) is 4.79 Å². The van der Waals surface area contributed by atoms with Crippen molar-refractivity contribution in [3.63, 3.8) is 0 Å². The van der Waals surface area contributed by atoms with E-state index in [9.17, 15) is 4.79 Å². The third-order valence-corrected chi connectivity index (χ3v) is 3.31. The van der Waals surface area contributed by atoms with Crippen molar-refractivity contribution in [2.45, 2.75) is 77.6 Å². The van der Waals surface area contributed by atoms with Crippen molar-refractivity contribution in [3.05, 3.63) is 24.3 Å². The number of carbonyl (C=O) groups is 1. The maximum atomic E-state index is 10.5. The van der Waals surface area contributed by atoms with Crippen LogP contribution >= 0.6 is 0 Å². The van der Waals surface area contributed by atoms with Crippen LogP contribution in [0.1, 0.15) is 77.6 Å². The highest BCUT2D eigenvalue weighted by atomic mass is 16.4. The van der Waals surface area contributed by atoms with Crippen molar-refractivity contribution in [3.8, 4) is 0 Å². The van der Waals surface area contributed by atoms with Crippen LogP contribution < -0.4 is 0 Å². The van der Waals surface area contributed by atoms with Crippen molar-refractivity contribution in [2.75, 3.05) is 0 Å². The Morgan fingerprint density at radius 1 is 0.947 bits per heavy atom. The Morgan fingerprint density at radius 3 is 2.05 bits per heavy atom. The quantitative estimate of drug-likeness (QED) is 0.272. The number of allylic oxidation sites excluding steroid dienone is 2. The lowest BCUT2D eigenvalue weighted by Gasteiger charge is -2.00. The first-order valence-corrected chi connectivity index (χ1v) is 7.74. The van der Waals surface area contributed by atoms with Crippen molar-refractivity contribution in [1.82, 2.24) is 0 Å². The predicted molar refractivity (Wildman–Crippen MR) is 82.4 cm³/mol. The molecule has 0 aromatic heterocycles. The standard InChI is InChI=1S/C17H30O2/c1-3-4-5-6-7-8-9-10-11-12-13-14-15-16(2)17(18)19/h12-13H,2-11,14-15H2,1H3,(H,18,19)/b13-12+. The van der Waals surface area contributed by atoms with Gasteiger partial charge in [0.2, 0.25) is 0 Å². The van der Waals surface area contributed by atoms with Gasteiger partial charge in [-0.05, 0) is 25.7 Å². The summed E-state index contributed by atoms with van der Waals surface area (Å²) in [5.41, 5.74) is 0.303. The minimum Gasteiger partial charge on any atom is -0.478 e. The van der Waals surface area contributed by atoms with E-state index < -0.39 is 5.97 Å². The van der Waals surface area contributed by atoms with Gasteiger partial charge in [0.1, 0.15) is 0 Å². The van der Waals surface area contributed by atoms with E-state index in [4.69, 9.17) is 5.11 Å². The lowest BCUT2D eigenvalue weighted by atomic mass is 10.1. The van der Waals surface area contributed by atoms with Gasteiger partial charge in [-0.2, -0.15) is 0 Å². The monoisotopic (exact) mass is 266 g/mol. The average molecular weight is 266 g/mol. The van der Waals surface area contributed by atoms with Gasteiger partial charge in [0.05, 0.1) is 0 Å². The molecule has 2 heteroatoms. The SMILES string of the molecule is C=C(CC/C=C/CCCCCCCCCC)C(=O)O. The van der Waals surface area contributed by atoms with E-state index in [1.165, 1.54) is 51.4 Å². The highest BCUT2D eigenvalue weighted by Crippen LogP contribution is 2.10. The van der Waals surface area contributed by atoms with E-state index in [-0.39, 0.29) is 0 Å². The second-order valence-electron chi connectivity index (χ2n) is 5.18. The molecule has 0 saturated carbocycles. The Kier molecular flexibility index (Phi) is 12.6. The molecule has 0 aliphatic rings. The van der Waals surface area contributed by atoms with E-state index in [1.807, 2.05) is 0 Å². The molecule has 0 atom stereocenters. The van der Waals surface area contributed by atoms with Crippen LogP contribution in [0.4, 0.5) is 0 Å². The zero-order valence-electron chi connectivity index (χ0n) is 12.5. The molecule has 0 spiro atoms. The average Bonchev–Trinajstić information content (AvgIpc) is 2.39. The molecule has 110 valence electrons. The minimum atomic E-state index is -0.878. The summed E-state index contributed by atoms with van der Waals surface area (Å²) in [6, 6.07) is 0. The molecule has 0 radical (unpaired) electrons. The number of hydrogen-bond acceptors (Lipinski definition) is 1. The van der Waals surface area contributed by atoms with Gasteiger partial charge < -0.3 is 5.11 Å². The number of aliphatic carboxylic acids is 1. The van der Waals surface area contributed by atoms with Gasteiger partial charge >= 0.3 is 5.97 Å². The summed E-state index contributed by atoms with van der Waals surface area (Å²) < 4.78 is 0. The fourth-order valence-electron chi connectivity index (χ4n) is 2.00. The molecule has 0 aromatic rings. The normalized spacial score (nSPS) is 11.0.